The van der Waals surface area contributed by atoms with Crippen molar-refractivity contribution < 1.29 is 28.3 Å². The molecule has 0 radical (unpaired) electrons. The van der Waals surface area contributed by atoms with Gasteiger partial charge in [0.15, 0.2) is 0 Å². The number of aryl methyl sites for hydroxylation is 1. The van der Waals surface area contributed by atoms with Crippen LogP contribution in [0.1, 0.15) is 11.1 Å². The molecule has 0 heterocycles. The van der Waals surface area contributed by atoms with Gasteiger partial charge >= 0.3 is 18.3 Å². The number of halogens is 2. The van der Waals surface area contributed by atoms with Crippen LogP contribution in [0.3, 0.4) is 0 Å². The van der Waals surface area contributed by atoms with Crippen LogP contribution in [0.15, 0.2) is 12.1 Å². The van der Waals surface area contributed by atoms with E-state index in [1.807, 2.05) is 0 Å². The Morgan fingerprint density at radius 1 is 1.56 bits per heavy atom. The van der Waals surface area contributed by atoms with Gasteiger partial charge in [-0.15, -0.1) is 0 Å². The summed E-state index contributed by atoms with van der Waals surface area (Å²) in [6.07, 6.45) is -0.641. The van der Waals surface area contributed by atoms with E-state index in [1.54, 1.807) is 0 Å². The van der Waals surface area contributed by atoms with Crippen LogP contribution in [0.2, 0.25) is 0 Å². The Morgan fingerprint density at radius 2 is 2.17 bits per heavy atom. The third-order valence-corrected chi connectivity index (χ3v) is 2.04. The van der Waals surface area contributed by atoms with E-state index in [2.05, 4.69) is 4.74 Å². The van der Waals surface area contributed by atoms with Gasteiger partial charge in [0.1, 0.15) is 0 Å². The summed E-state index contributed by atoms with van der Waals surface area (Å²) in [6.45, 7) is -1.73. The first-order valence-corrected chi connectivity index (χ1v) is 4.75. The molecule has 6 nitrogen and oxygen atoms in total. The smallest absolute Gasteiger partial charge is 0.387 e. The number of nitrogens with zero attached hydrogens (tertiary/aromatic N) is 1. The average molecular weight is 261 g/mol. The zero-order valence-corrected chi connectivity index (χ0v) is 9.22. The number of carboxylic acids is 1. The lowest BCUT2D eigenvalue weighted by Crippen LogP contribution is -2.09. The number of nitro groups is 1. The molecule has 8 heteroatoms. The van der Waals surface area contributed by atoms with Crippen molar-refractivity contribution >= 4 is 11.7 Å². The predicted molar refractivity (Wildman–Crippen MR) is 55.8 cm³/mol. The van der Waals surface area contributed by atoms with E-state index in [-0.39, 0.29) is 5.56 Å². The van der Waals surface area contributed by atoms with E-state index in [0.717, 1.165) is 6.07 Å². The van der Waals surface area contributed by atoms with Gasteiger partial charge in [-0.1, -0.05) is 0 Å². The molecule has 0 unspecified atom stereocenters. The molecule has 1 N–H and O–H groups in total. The lowest BCUT2D eigenvalue weighted by atomic mass is 10.1. The van der Waals surface area contributed by atoms with Crippen LogP contribution < -0.4 is 4.74 Å². The normalized spacial score (nSPS) is 10.4. The molecular formula is C10H9F2NO5. The van der Waals surface area contributed by atoms with E-state index in [9.17, 15) is 23.7 Å². The molecule has 0 aliphatic heterocycles. The van der Waals surface area contributed by atoms with E-state index < -0.39 is 35.4 Å². The average Bonchev–Trinajstić information content (AvgIpc) is 2.12. The summed E-state index contributed by atoms with van der Waals surface area (Å²) in [5.41, 5.74) is -0.529. The van der Waals surface area contributed by atoms with Gasteiger partial charge in [0, 0.05) is 5.56 Å². The molecule has 0 spiro atoms. The van der Waals surface area contributed by atoms with Crippen molar-refractivity contribution in [3.8, 4) is 5.75 Å². The lowest BCUT2D eigenvalue weighted by Gasteiger charge is -2.09. The Labute approximate surface area is 99.9 Å². The maximum Gasteiger partial charge on any atom is 0.387 e. The second-order valence-electron chi connectivity index (χ2n) is 3.48. The van der Waals surface area contributed by atoms with Crippen LogP contribution in [-0.4, -0.2) is 22.6 Å². The number of alkyl halides is 2. The van der Waals surface area contributed by atoms with Crippen LogP contribution in [0.5, 0.6) is 5.75 Å². The minimum Gasteiger partial charge on any atom is -0.481 e. The maximum atomic E-state index is 12.1. The number of rotatable bonds is 5. The van der Waals surface area contributed by atoms with Crippen LogP contribution in [0.25, 0.3) is 0 Å². The van der Waals surface area contributed by atoms with Gasteiger partial charge in [0.2, 0.25) is 5.75 Å². The molecule has 0 saturated heterocycles. The zero-order chi connectivity index (χ0) is 13.9. The Bertz CT molecular complexity index is 489. The summed E-state index contributed by atoms with van der Waals surface area (Å²) in [5, 5.41) is 19.4. The van der Waals surface area contributed by atoms with E-state index >= 15 is 0 Å². The Hall–Kier alpha value is -2.25. The van der Waals surface area contributed by atoms with Crippen LogP contribution in [-0.2, 0) is 11.2 Å². The first-order valence-electron chi connectivity index (χ1n) is 4.75. The molecule has 0 aromatic heterocycles. The Balaban J connectivity index is 3.35. The summed E-state index contributed by atoms with van der Waals surface area (Å²) in [6, 6.07) is 2.32. The summed E-state index contributed by atoms with van der Waals surface area (Å²) < 4.78 is 28.3. The van der Waals surface area contributed by atoms with Crippen molar-refractivity contribution in [3.05, 3.63) is 33.4 Å². The number of nitro benzene ring substituents is 1. The highest BCUT2D eigenvalue weighted by atomic mass is 19.3. The minimum atomic E-state index is -3.22. The largest absolute Gasteiger partial charge is 0.481 e. The predicted octanol–water partition coefficient (Wildman–Crippen LogP) is 2.13. The fraction of sp³-hybridized carbons (Fsp3) is 0.300. The van der Waals surface area contributed by atoms with Crippen molar-refractivity contribution in [3.63, 3.8) is 0 Å². The van der Waals surface area contributed by atoms with Gasteiger partial charge in [0.05, 0.1) is 11.3 Å². The number of aliphatic carboxylic acids is 1. The molecule has 1 aromatic rings. The van der Waals surface area contributed by atoms with Crippen LogP contribution >= 0.6 is 0 Å². The summed E-state index contributed by atoms with van der Waals surface area (Å²) in [4.78, 5) is 20.4. The highest BCUT2D eigenvalue weighted by Gasteiger charge is 2.25. The highest BCUT2D eigenvalue weighted by Crippen LogP contribution is 2.33. The molecule has 1 aromatic carbocycles. The van der Waals surface area contributed by atoms with E-state index in [1.165, 1.54) is 13.0 Å². The first kappa shape index (κ1) is 13.8. The van der Waals surface area contributed by atoms with E-state index in [0.29, 0.717) is 5.56 Å². The molecule has 0 fully saturated rings. The third-order valence-electron chi connectivity index (χ3n) is 2.04. The first-order chi connectivity index (χ1) is 8.31. The van der Waals surface area contributed by atoms with Gasteiger partial charge in [-0.05, 0) is 24.6 Å². The van der Waals surface area contributed by atoms with Gasteiger partial charge < -0.3 is 9.84 Å². The quantitative estimate of drug-likeness (QED) is 0.647. The second-order valence-corrected chi connectivity index (χ2v) is 3.48. The maximum absolute atomic E-state index is 12.1. The van der Waals surface area contributed by atoms with Gasteiger partial charge in [-0.25, -0.2) is 0 Å². The van der Waals surface area contributed by atoms with Crippen molar-refractivity contribution in [2.45, 2.75) is 20.0 Å². The Morgan fingerprint density at radius 3 is 2.61 bits per heavy atom. The van der Waals surface area contributed by atoms with Crippen molar-refractivity contribution in [2.24, 2.45) is 0 Å². The molecule has 0 aliphatic rings. The van der Waals surface area contributed by atoms with Crippen molar-refractivity contribution in [1.29, 1.82) is 0 Å². The number of hydrogen-bond donors (Lipinski definition) is 1. The molecular weight excluding hydrogens is 252 g/mol. The number of carboxylic acid groups (broad SMARTS) is 1. The zero-order valence-electron chi connectivity index (χ0n) is 9.22. The molecule has 1 rings (SSSR count). The van der Waals surface area contributed by atoms with Crippen molar-refractivity contribution in [2.75, 3.05) is 0 Å². The highest BCUT2D eigenvalue weighted by molar-refractivity contribution is 5.73. The molecule has 0 saturated carbocycles. The molecule has 18 heavy (non-hydrogen) atoms. The second kappa shape index (κ2) is 5.39. The molecule has 0 amide bonds. The van der Waals surface area contributed by atoms with Gasteiger partial charge in [-0.3, -0.25) is 14.9 Å². The van der Waals surface area contributed by atoms with Gasteiger partial charge in [0.25, 0.3) is 0 Å². The number of ether oxygens (including phenoxy) is 1. The SMILES string of the molecule is Cc1cc(CC(=O)O)c([N+](=O)[O-])c(OC(F)F)c1. The standard InChI is InChI=1S/C10H9F2NO5/c1-5-2-6(4-8(14)15)9(13(16)17)7(3-5)18-10(11)12/h2-3,10H,4H2,1H3,(H,14,15). The number of benzene rings is 1. The summed E-state index contributed by atoms with van der Waals surface area (Å²) in [5.74, 6) is -1.93. The lowest BCUT2D eigenvalue weighted by molar-refractivity contribution is -0.387. The fourth-order valence-electron chi connectivity index (χ4n) is 1.51. The monoisotopic (exact) mass is 261 g/mol. The molecule has 0 atom stereocenters. The topological polar surface area (TPSA) is 89.7 Å². The minimum absolute atomic E-state index is 0.178. The molecule has 0 bridgehead atoms. The van der Waals surface area contributed by atoms with Gasteiger partial charge in [-0.2, -0.15) is 8.78 Å². The number of carbonyl (C=O) groups is 1. The Kier molecular flexibility index (Phi) is 4.13. The summed E-state index contributed by atoms with van der Waals surface area (Å²) >= 11 is 0. The van der Waals surface area contributed by atoms with Crippen molar-refractivity contribution in [1.82, 2.24) is 0 Å². The third kappa shape index (κ3) is 3.37. The van der Waals surface area contributed by atoms with E-state index in [4.69, 9.17) is 5.11 Å². The fourth-order valence-corrected chi connectivity index (χ4v) is 1.51. The van der Waals surface area contributed by atoms with Crippen LogP contribution in [0, 0.1) is 17.0 Å². The van der Waals surface area contributed by atoms with Crippen LogP contribution in [0.4, 0.5) is 14.5 Å². The molecule has 98 valence electrons. The number of hydrogen-bond acceptors (Lipinski definition) is 4. The molecule has 0 aliphatic carbocycles. The summed E-state index contributed by atoms with van der Waals surface area (Å²) in [7, 11) is 0.